The molecular weight excluding hydrogens is 414 g/mol. The van der Waals surface area contributed by atoms with Crippen LogP contribution in [0.25, 0.3) is 6.08 Å². The van der Waals surface area contributed by atoms with E-state index in [0.717, 1.165) is 35.5 Å². The minimum atomic E-state index is -1.23. The van der Waals surface area contributed by atoms with Crippen molar-refractivity contribution in [1.82, 2.24) is 4.98 Å². The van der Waals surface area contributed by atoms with Gasteiger partial charge in [0.1, 0.15) is 6.10 Å². The third-order valence-electron chi connectivity index (χ3n) is 5.98. The fraction of sp³-hybridized carbons (Fsp3) is 0.542. The lowest BCUT2D eigenvalue weighted by Gasteiger charge is -2.32. The van der Waals surface area contributed by atoms with E-state index in [1.54, 1.807) is 24.3 Å². The van der Waals surface area contributed by atoms with E-state index in [4.69, 9.17) is 4.74 Å². The third kappa shape index (κ3) is 5.99. The number of fused-ring (bicyclic) bond motifs is 1. The summed E-state index contributed by atoms with van der Waals surface area (Å²) in [6.45, 7) is 5.51. The van der Waals surface area contributed by atoms with Crippen molar-refractivity contribution in [3.05, 3.63) is 45.5 Å². The van der Waals surface area contributed by atoms with Crippen LogP contribution in [0.1, 0.15) is 56.7 Å². The fourth-order valence-electron chi connectivity index (χ4n) is 4.11. The molecule has 2 heterocycles. The second-order valence-electron chi connectivity index (χ2n) is 8.45. The molecule has 5 atom stereocenters. The predicted molar refractivity (Wildman–Crippen MR) is 120 cm³/mol. The number of aliphatic hydroxyl groups is 2. The molecule has 2 aliphatic rings. The van der Waals surface area contributed by atoms with E-state index in [9.17, 15) is 19.8 Å². The highest BCUT2D eigenvalue weighted by molar-refractivity contribution is 7.09. The molecule has 0 radical (unpaired) electrons. The van der Waals surface area contributed by atoms with Gasteiger partial charge in [-0.1, -0.05) is 25.2 Å². The van der Waals surface area contributed by atoms with Gasteiger partial charge in [-0.05, 0) is 44.8 Å². The Morgan fingerprint density at radius 2 is 2.06 bits per heavy atom. The average molecular weight is 446 g/mol. The van der Waals surface area contributed by atoms with E-state index in [1.165, 1.54) is 0 Å². The van der Waals surface area contributed by atoms with Gasteiger partial charge in [0.05, 0.1) is 29.3 Å². The first-order valence-corrected chi connectivity index (χ1v) is 11.7. The van der Waals surface area contributed by atoms with Crippen molar-refractivity contribution in [3.63, 3.8) is 0 Å². The van der Waals surface area contributed by atoms with Crippen LogP contribution in [0.3, 0.4) is 0 Å². The molecule has 0 spiro atoms. The number of aliphatic hydroxyl groups excluding tert-OH is 2. The van der Waals surface area contributed by atoms with E-state index < -0.39 is 30.2 Å². The normalized spacial score (nSPS) is 32.1. The number of allylic oxidation sites excluding steroid dienone is 1. The standard InChI is InChI=1S/C24H31NO5S/c1-14(10-18-13-31-16(3)25-18)21-9-7-5-4-6-8-17-11-19(20(26)12-22(27)30-21)24(29)15(2)23(17)28/h5,7,10-11,13,15,17,20-21,23,26,28H,4,6,8-9,12H2,1-3H3/b7-5-,14-10+/t15-,17+,20-,21-,23-/m0/s1. The molecule has 31 heavy (non-hydrogen) atoms. The van der Waals surface area contributed by atoms with E-state index in [2.05, 4.69) is 11.1 Å². The first-order valence-electron chi connectivity index (χ1n) is 10.8. The van der Waals surface area contributed by atoms with Crippen LogP contribution in [0.2, 0.25) is 0 Å². The molecule has 2 bridgehead atoms. The topological polar surface area (TPSA) is 96.7 Å². The summed E-state index contributed by atoms with van der Waals surface area (Å²) in [5.41, 5.74) is 1.92. The minimum absolute atomic E-state index is 0.204. The zero-order valence-corrected chi connectivity index (χ0v) is 19.1. The Labute approximate surface area is 187 Å². The van der Waals surface area contributed by atoms with Gasteiger partial charge in [0.2, 0.25) is 0 Å². The number of hydrogen-bond donors (Lipinski definition) is 2. The van der Waals surface area contributed by atoms with Gasteiger partial charge in [-0.15, -0.1) is 11.3 Å². The second kappa shape index (κ2) is 10.5. The summed E-state index contributed by atoms with van der Waals surface area (Å²) in [7, 11) is 0. The SMILES string of the molecule is C/C(=C\c1csc(C)n1)[C@@H]1C/C=C\CCC[C@@H]2C=C(C(=O)[C@@H](C)[C@@H]2O)[C@@H](O)CC(=O)O1. The summed E-state index contributed by atoms with van der Waals surface area (Å²) in [4.78, 5) is 29.7. The van der Waals surface area contributed by atoms with E-state index in [1.807, 2.05) is 31.4 Å². The van der Waals surface area contributed by atoms with E-state index in [0.29, 0.717) is 6.42 Å². The largest absolute Gasteiger partial charge is 0.457 e. The number of ether oxygens (including phenoxy) is 1. The first-order chi connectivity index (χ1) is 14.8. The lowest BCUT2D eigenvalue weighted by molar-refractivity contribution is -0.149. The number of aromatic nitrogens is 1. The van der Waals surface area contributed by atoms with Gasteiger partial charge in [-0.2, -0.15) is 0 Å². The van der Waals surface area contributed by atoms with Crippen LogP contribution in [0.5, 0.6) is 0 Å². The molecule has 0 fully saturated rings. The zero-order valence-electron chi connectivity index (χ0n) is 18.3. The van der Waals surface area contributed by atoms with Crippen LogP contribution < -0.4 is 0 Å². The summed E-state index contributed by atoms with van der Waals surface area (Å²) >= 11 is 1.56. The Hall–Kier alpha value is -2.09. The summed E-state index contributed by atoms with van der Waals surface area (Å²) < 4.78 is 5.70. The molecule has 2 N–H and O–H groups in total. The fourth-order valence-corrected chi connectivity index (χ4v) is 4.68. The lowest BCUT2D eigenvalue weighted by Crippen LogP contribution is -2.40. The Morgan fingerprint density at radius 1 is 1.29 bits per heavy atom. The number of carbonyl (C=O) groups excluding carboxylic acids is 2. The summed E-state index contributed by atoms with van der Waals surface area (Å²) in [6, 6.07) is 0. The number of cyclic esters (lactones) is 1. The first kappa shape index (κ1) is 23.6. The number of thiazole rings is 1. The van der Waals surface area contributed by atoms with Gasteiger partial charge in [-0.25, -0.2) is 4.98 Å². The molecule has 7 heteroatoms. The number of esters is 1. The quantitative estimate of drug-likeness (QED) is 0.531. The lowest BCUT2D eigenvalue weighted by atomic mass is 9.76. The molecule has 0 aromatic carbocycles. The van der Waals surface area contributed by atoms with Crippen molar-refractivity contribution in [3.8, 4) is 0 Å². The molecular formula is C24H31NO5S. The van der Waals surface area contributed by atoms with Crippen molar-refractivity contribution >= 4 is 29.2 Å². The van der Waals surface area contributed by atoms with E-state index in [-0.39, 0.29) is 23.7 Å². The monoisotopic (exact) mass is 445 g/mol. The van der Waals surface area contributed by atoms with Crippen LogP contribution in [0.4, 0.5) is 0 Å². The van der Waals surface area contributed by atoms with Gasteiger partial charge < -0.3 is 14.9 Å². The molecule has 1 aromatic rings. The molecule has 6 nitrogen and oxygen atoms in total. The zero-order chi connectivity index (χ0) is 22.5. The number of Topliss-reactive ketones (excluding diaryl/α,β-unsaturated/α-hetero) is 1. The minimum Gasteiger partial charge on any atom is -0.457 e. The molecule has 0 saturated heterocycles. The second-order valence-corrected chi connectivity index (χ2v) is 9.51. The van der Waals surface area contributed by atoms with Crippen LogP contribution >= 0.6 is 11.3 Å². The van der Waals surface area contributed by atoms with Gasteiger partial charge in [0.15, 0.2) is 5.78 Å². The Morgan fingerprint density at radius 3 is 2.77 bits per heavy atom. The molecule has 0 amide bonds. The maximum absolute atomic E-state index is 12.6. The predicted octanol–water partition coefficient (Wildman–Crippen LogP) is 3.77. The van der Waals surface area contributed by atoms with Crippen molar-refractivity contribution in [2.75, 3.05) is 0 Å². The molecule has 1 aromatic heterocycles. The van der Waals surface area contributed by atoms with Crippen LogP contribution in [0.15, 0.2) is 34.8 Å². The van der Waals surface area contributed by atoms with Gasteiger partial charge in [0, 0.05) is 29.2 Å². The van der Waals surface area contributed by atoms with Gasteiger partial charge >= 0.3 is 5.97 Å². The number of carbonyl (C=O) groups is 2. The van der Waals surface area contributed by atoms with E-state index >= 15 is 0 Å². The maximum Gasteiger partial charge on any atom is 0.309 e. The van der Waals surface area contributed by atoms with Crippen LogP contribution in [0, 0.1) is 18.8 Å². The Bertz CT molecular complexity index is 900. The number of hydrogen-bond acceptors (Lipinski definition) is 7. The van der Waals surface area contributed by atoms with Crippen LogP contribution in [-0.2, 0) is 14.3 Å². The van der Waals surface area contributed by atoms with Crippen molar-refractivity contribution < 1.29 is 24.5 Å². The summed E-state index contributed by atoms with van der Waals surface area (Å²) in [5.74, 6) is -1.67. The van der Waals surface area contributed by atoms with Crippen molar-refractivity contribution in [1.29, 1.82) is 0 Å². The van der Waals surface area contributed by atoms with Gasteiger partial charge in [-0.3, -0.25) is 9.59 Å². The Balaban J connectivity index is 1.81. The smallest absolute Gasteiger partial charge is 0.309 e. The molecule has 3 rings (SSSR count). The molecule has 0 unspecified atom stereocenters. The highest BCUT2D eigenvalue weighted by Crippen LogP contribution is 2.32. The van der Waals surface area contributed by atoms with Crippen LogP contribution in [-0.4, -0.2) is 45.3 Å². The highest BCUT2D eigenvalue weighted by Gasteiger charge is 2.38. The summed E-state index contributed by atoms with van der Waals surface area (Å²) in [6.07, 6.45) is 7.81. The summed E-state index contributed by atoms with van der Waals surface area (Å²) in [5, 5.41) is 24.0. The number of ketones is 1. The maximum atomic E-state index is 12.6. The highest BCUT2D eigenvalue weighted by atomic mass is 32.1. The molecule has 1 aliphatic carbocycles. The van der Waals surface area contributed by atoms with Crippen molar-refractivity contribution in [2.24, 2.45) is 11.8 Å². The Kier molecular flexibility index (Phi) is 7.97. The number of aryl methyl sites for hydroxylation is 1. The average Bonchev–Trinajstić information content (AvgIpc) is 3.13. The third-order valence-corrected chi connectivity index (χ3v) is 6.77. The number of rotatable bonds is 2. The van der Waals surface area contributed by atoms with Crippen molar-refractivity contribution in [2.45, 2.75) is 71.2 Å². The molecule has 168 valence electrons. The number of nitrogens with zero attached hydrogens (tertiary/aromatic N) is 1. The van der Waals surface area contributed by atoms with Gasteiger partial charge in [0.25, 0.3) is 0 Å². The molecule has 0 saturated carbocycles. The molecule has 1 aliphatic heterocycles.